The summed E-state index contributed by atoms with van der Waals surface area (Å²) in [6, 6.07) is 15.3. The van der Waals surface area contributed by atoms with Crippen molar-refractivity contribution in [3.8, 4) is 5.75 Å². The molecule has 0 fully saturated rings. The highest BCUT2D eigenvalue weighted by atomic mass is 35.5. The molecule has 0 unspecified atom stereocenters. The number of carboxylic acid groups (broad SMARTS) is 1. The van der Waals surface area contributed by atoms with Crippen molar-refractivity contribution in [1.29, 1.82) is 0 Å². The first-order valence-electron chi connectivity index (χ1n) is 12.4. The summed E-state index contributed by atoms with van der Waals surface area (Å²) >= 11 is 6.65. The number of benzene rings is 2. The highest BCUT2D eigenvalue weighted by molar-refractivity contribution is 6.32. The van der Waals surface area contributed by atoms with Gasteiger partial charge in [0, 0.05) is 47.8 Å². The third-order valence-electron chi connectivity index (χ3n) is 7.16. The van der Waals surface area contributed by atoms with Crippen LogP contribution < -0.4 is 4.74 Å². The summed E-state index contributed by atoms with van der Waals surface area (Å²) in [6.45, 7) is 0.636. The molecule has 0 radical (unpaired) electrons. The molecule has 1 heterocycles. The molecular weight excluding hydrogens is 478 g/mol. The molecule has 0 atom stereocenters. The van der Waals surface area contributed by atoms with E-state index in [1.165, 1.54) is 0 Å². The summed E-state index contributed by atoms with van der Waals surface area (Å²) < 4.78 is 5.94. The molecule has 6 nitrogen and oxygen atoms in total. The molecular formula is C29H28ClNO5. The summed E-state index contributed by atoms with van der Waals surface area (Å²) in [5.41, 5.74) is 4.79. The number of aliphatic carboxylic acids is 1. The SMILES string of the molecule is O=C(O)CCN1C2=C(C(=O)CCC2)C(c2ccc(OCc3ccccc3)c(Cl)c2)C2=C1CCCC2=O. The average molecular weight is 506 g/mol. The van der Waals surface area contributed by atoms with Crippen molar-refractivity contribution in [2.45, 2.75) is 57.5 Å². The molecule has 3 aliphatic rings. The number of hydrogen-bond acceptors (Lipinski definition) is 5. The van der Waals surface area contributed by atoms with Crippen LogP contribution >= 0.6 is 11.6 Å². The van der Waals surface area contributed by atoms with Gasteiger partial charge in [-0.3, -0.25) is 14.4 Å². The van der Waals surface area contributed by atoms with E-state index >= 15 is 0 Å². The smallest absolute Gasteiger partial charge is 0.305 e. The molecule has 1 aliphatic heterocycles. The third-order valence-corrected chi connectivity index (χ3v) is 7.46. The minimum absolute atomic E-state index is 0.0204. The highest BCUT2D eigenvalue weighted by Crippen LogP contribution is 2.49. The van der Waals surface area contributed by atoms with Crippen LogP contribution in [0, 0.1) is 0 Å². The molecule has 1 N–H and O–H groups in total. The molecule has 0 amide bonds. The number of halogens is 1. The van der Waals surface area contributed by atoms with Gasteiger partial charge < -0.3 is 14.7 Å². The Morgan fingerprint density at radius 3 is 2.17 bits per heavy atom. The van der Waals surface area contributed by atoms with Crippen LogP contribution in [0.25, 0.3) is 0 Å². The van der Waals surface area contributed by atoms with E-state index in [4.69, 9.17) is 16.3 Å². The maximum absolute atomic E-state index is 13.3. The van der Waals surface area contributed by atoms with Gasteiger partial charge in [-0.15, -0.1) is 0 Å². The number of rotatable bonds is 7. The first-order chi connectivity index (χ1) is 17.4. The van der Waals surface area contributed by atoms with E-state index in [2.05, 4.69) is 0 Å². The molecule has 2 aromatic carbocycles. The fraction of sp³-hybridized carbons (Fsp3) is 0.345. The average Bonchev–Trinajstić information content (AvgIpc) is 2.87. The number of allylic oxidation sites excluding steroid dienone is 4. The van der Waals surface area contributed by atoms with Crippen molar-refractivity contribution in [1.82, 2.24) is 4.90 Å². The standard InChI is InChI=1S/C29H28ClNO5/c30-20-16-19(12-13-25(20)36-17-18-6-2-1-3-7-18)27-28-21(8-4-10-23(28)32)31(15-14-26(34)35)22-9-5-11-24(33)29(22)27/h1-3,6-7,12-13,16,27H,4-5,8-11,14-15,17H2,(H,34,35). The zero-order valence-corrected chi connectivity index (χ0v) is 20.7. The molecule has 0 saturated carbocycles. The van der Waals surface area contributed by atoms with Crippen LogP contribution in [-0.4, -0.2) is 34.1 Å². The van der Waals surface area contributed by atoms with Gasteiger partial charge in [-0.25, -0.2) is 0 Å². The predicted molar refractivity (Wildman–Crippen MR) is 136 cm³/mol. The summed E-state index contributed by atoms with van der Waals surface area (Å²) in [7, 11) is 0. The Bertz CT molecular complexity index is 1240. The van der Waals surface area contributed by atoms with Gasteiger partial charge >= 0.3 is 5.97 Å². The second kappa shape index (κ2) is 10.3. The minimum Gasteiger partial charge on any atom is -0.487 e. The molecule has 0 bridgehead atoms. The van der Waals surface area contributed by atoms with Gasteiger partial charge in [-0.1, -0.05) is 48.0 Å². The maximum Gasteiger partial charge on any atom is 0.305 e. The monoisotopic (exact) mass is 505 g/mol. The molecule has 0 spiro atoms. The Balaban J connectivity index is 1.54. The van der Waals surface area contributed by atoms with Crippen molar-refractivity contribution in [3.05, 3.63) is 87.2 Å². The number of carbonyl (C=O) groups is 3. The van der Waals surface area contributed by atoms with Crippen LogP contribution in [0.2, 0.25) is 5.02 Å². The Hall–Kier alpha value is -3.38. The van der Waals surface area contributed by atoms with Crippen LogP contribution in [0.3, 0.4) is 0 Å². The molecule has 0 saturated heterocycles. The third kappa shape index (κ3) is 4.70. The van der Waals surface area contributed by atoms with Gasteiger partial charge in [0.05, 0.1) is 11.4 Å². The van der Waals surface area contributed by atoms with Gasteiger partial charge in [0.2, 0.25) is 0 Å². The van der Waals surface area contributed by atoms with Crippen LogP contribution in [-0.2, 0) is 21.0 Å². The van der Waals surface area contributed by atoms with Crippen molar-refractivity contribution in [2.24, 2.45) is 0 Å². The van der Waals surface area contributed by atoms with Crippen LogP contribution in [0.1, 0.15) is 62.0 Å². The van der Waals surface area contributed by atoms with Crippen LogP contribution in [0.15, 0.2) is 71.1 Å². The lowest BCUT2D eigenvalue weighted by Crippen LogP contribution is -2.39. The van der Waals surface area contributed by atoms with E-state index in [1.54, 1.807) is 12.1 Å². The molecule has 0 aromatic heterocycles. The van der Waals surface area contributed by atoms with Gasteiger partial charge in [0.25, 0.3) is 0 Å². The zero-order valence-electron chi connectivity index (χ0n) is 20.0. The van der Waals surface area contributed by atoms with E-state index in [0.29, 0.717) is 54.2 Å². The topological polar surface area (TPSA) is 83.9 Å². The Labute approximate surface area is 215 Å². The second-order valence-corrected chi connectivity index (χ2v) is 9.87. The number of carboxylic acids is 1. The van der Waals surface area contributed by atoms with Gasteiger partial charge in [0.15, 0.2) is 11.6 Å². The summed E-state index contributed by atoms with van der Waals surface area (Å²) in [6.07, 6.45) is 3.60. The molecule has 2 aromatic rings. The molecule has 7 heteroatoms. The van der Waals surface area contributed by atoms with E-state index in [9.17, 15) is 19.5 Å². The van der Waals surface area contributed by atoms with Gasteiger partial charge in [-0.2, -0.15) is 0 Å². The lowest BCUT2D eigenvalue weighted by atomic mass is 9.71. The quantitative estimate of drug-likeness (QED) is 0.511. The lowest BCUT2D eigenvalue weighted by molar-refractivity contribution is -0.137. The van der Waals surface area contributed by atoms with Crippen molar-refractivity contribution in [3.63, 3.8) is 0 Å². The molecule has 2 aliphatic carbocycles. The Kier molecular flexibility index (Phi) is 6.97. The van der Waals surface area contributed by atoms with Crippen LogP contribution in [0.4, 0.5) is 0 Å². The Morgan fingerprint density at radius 1 is 0.944 bits per heavy atom. The number of nitrogens with zero attached hydrogens (tertiary/aromatic N) is 1. The number of ketones is 2. The highest BCUT2D eigenvalue weighted by Gasteiger charge is 2.43. The van der Waals surface area contributed by atoms with Crippen LogP contribution in [0.5, 0.6) is 5.75 Å². The number of ether oxygens (including phenoxy) is 1. The van der Waals surface area contributed by atoms with E-state index in [0.717, 1.165) is 35.4 Å². The number of Topliss-reactive ketones (excluding diaryl/α,β-unsaturated/α-hetero) is 2. The Morgan fingerprint density at radius 2 is 1.58 bits per heavy atom. The summed E-state index contributed by atoms with van der Waals surface area (Å²) in [5, 5.41) is 9.75. The number of hydrogen-bond donors (Lipinski definition) is 1. The minimum atomic E-state index is -0.899. The fourth-order valence-electron chi connectivity index (χ4n) is 5.58. The summed E-state index contributed by atoms with van der Waals surface area (Å²) in [5.74, 6) is -0.809. The van der Waals surface area contributed by atoms with E-state index in [1.807, 2.05) is 41.3 Å². The first-order valence-corrected chi connectivity index (χ1v) is 12.8. The molecule has 186 valence electrons. The number of carbonyl (C=O) groups excluding carboxylic acids is 2. The second-order valence-electron chi connectivity index (χ2n) is 9.47. The van der Waals surface area contributed by atoms with E-state index in [-0.39, 0.29) is 24.5 Å². The fourth-order valence-corrected chi connectivity index (χ4v) is 5.82. The lowest BCUT2D eigenvalue weighted by Gasteiger charge is -2.44. The largest absolute Gasteiger partial charge is 0.487 e. The van der Waals surface area contributed by atoms with Gasteiger partial charge in [0.1, 0.15) is 12.4 Å². The predicted octanol–water partition coefficient (Wildman–Crippen LogP) is 5.81. The van der Waals surface area contributed by atoms with Crippen molar-refractivity contribution in [2.75, 3.05) is 6.54 Å². The van der Waals surface area contributed by atoms with Crippen molar-refractivity contribution < 1.29 is 24.2 Å². The zero-order chi connectivity index (χ0) is 25.2. The normalized spacial score (nSPS) is 18.3. The summed E-state index contributed by atoms with van der Waals surface area (Å²) in [4.78, 5) is 39.9. The molecule has 5 rings (SSSR count). The van der Waals surface area contributed by atoms with E-state index < -0.39 is 11.9 Å². The van der Waals surface area contributed by atoms with Crippen molar-refractivity contribution >= 4 is 29.1 Å². The maximum atomic E-state index is 13.3. The molecule has 36 heavy (non-hydrogen) atoms. The van der Waals surface area contributed by atoms with Gasteiger partial charge in [-0.05, 0) is 48.9 Å². The first kappa shape index (κ1) is 24.3.